The zero-order chi connectivity index (χ0) is 17.8. The quantitative estimate of drug-likeness (QED) is 0.551. The lowest BCUT2D eigenvalue weighted by atomic mass is 10.2. The number of ether oxygens (including phenoxy) is 1. The Labute approximate surface area is 144 Å². The van der Waals surface area contributed by atoms with E-state index in [9.17, 15) is 9.90 Å². The molecule has 2 aromatic carbocycles. The molecule has 1 amide bonds. The smallest absolute Gasteiger partial charge is 0.260 e. The SMILES string of the molecule is COc1cccc(/C=N/NC(=O)Cn2c(C)nc3ccccc32)c1O. The van der Waals surface area contributed by atoms with Crippen molar-refractivity contribution in [1.29, 1.82) is 0 Å². The molecule has 25 heavy (non-hydrogen) atoms. The number of aryl methyl sites for hydroxylation is 1. The van der Waals surface area contributed by atoms with Gasteiger partial charge in [-0.15, -0.1) is 0 Å². The second-order valence-corrected chi connectivity index (χ2v) is 5.43. The first-order chi connectivity index (χ1) is 12.1. The van der Waals surface area contributed by atoms with Crippen LogP contribution in [0.4, 0.5) is 0 Å². The van der Waals surface area contributed by atoms with Gasteiger partial charge in [0.1, 0.15) is 12.4 Å². The molecule has 3 aromatic rings. The van der Waals surface area contributed by atoms with Gasteiger partial charge in [0.25, 0.3) is 5.91 Å². The van der Waals surface area contributed by atoms with E-state index in [0.29, 0.717) is 11.3 Å². The molecular formula is C18H18N4O3. The topological polar surface area (TPSA) is 88.7 Å². The van der Waals surface area contributed by atoms with E-state index in [1.54, 1.807) is 18.2 Å². The first kappa shape index (κ1) is 16.5. The third kappa shape index (κ3) is 3.45. The summed E-state index contributed by atoms with van der Waals surface area (Å²) in [6.45, 7) is 1.96. The Bertz CT molecular complexity index is 947. The van der Waals surface area contributed by atoms with Gasteiger partial charge in [0, 0.05) is 5.56 Å². The maximum absolute atomic E-state index is 12.1. The summed E-state index contributed by atoms with van der Waals surface area (Å²) in [7, 11) is 1.47. The van der Waals surface area contributed by atoms with Gasteiger partial charge < -0.3 is 14.4 Å². The molecule has 0 atom stereocenters. The van der Waals surface area contributed by atoms with Gasteiger partial charge in [-0.2, -0.15) is 5.10 Å². The van der Waals surface area contributed by atoms with Crippen LogP contribution in [0.25, 0.3) is 11.0 Å². The predicted molar refractivity (Wildman–Crippen MR) is 94.9 cm³/mol. The molecule has 7 heteroatoms. The molecule has 0 spiro atoms. The van der Waals surface area contributed by atoms with E-state index < -0.39 is 0 Å². The number of imidazole rings is 1. The maximum atomic E-state index is 12.1. The zero-order valence-electron chi connectivity index (χ0n) is 13.9. The second-order valence-electron chi connectivity index (χ2n) is 5.43. The van der Waals surface area contributed by atoms with E-state index in [1.165, 1.54) is 13.3 Å². The maximum Gasteiger partial charge on any atom is 0.260 e. The number of rotatable bonds is 5. The Morgan fingerprint density at radius 3 is 2.92 bits per heavy atom. The largest absolute Gasteiger partial charge is 0.504 e. The number of aromatic nitrogens is 2. The summed E-state index contributed by atoms with van der Waals surface area (Å²) in [6.07, 6.45) is 1.37. The summed E-state index contributed by atoms with van der Waals surface area (Å²) in [5, 5.41) is 13.9. The summed E-state index contributed by atoms with van der Waals surface area (Å²) >= 11 is 0. The van der Waals surface area contributed by atoms with Crippen LogP contribution in [0.2, 0.25) is 0 Å². The van der Waals surface area contributed by atoms with Gasteiger partial charge in [-0.3, -0.25) is 4.79 Å². The number of phenols is 1. The summed E-state index contributed by atoms with van der Waals surface area (Å²) in [6, 6.07) is 12.7. The van der Waals surface area contributed by atoms with Gasteiger partial charge in [-0.05, 0) is 31.2 Å². The minimum absolute atomic E-state index is 0.0283. The number of carbonyl (C=O) groups excluding carboxylic acids is 1. The fourth-order valence-corrected chi connectivity index (χ4v) is 2.56. The normalized spacial score (nSPS) is 11.1. The molecule has 3 rings (SSSR count). The molecular weight excluding hydrogens is 320 g/mol. The Kier molecular flexibility index (Phi) is 4.65. The van der Waals surface area contributed by atoms with Crippen LogP contribution in [0.3, 0.4) is 0 Å². The van der Waals surface area contributed by atoms with Gasteiger partial charge in [-0.25, -0.2) is 10.4 Å². The standard InChI is InChI=1S/C18H18N4O3/c1-12-20-14-7-3-4-8-15(14)22(12)11-17(23)21-19-10-13-6-5-9-16(25-2)18(13)24/h3-10,24H,11H2,1-2H3,(H,21,23)/b19-10+. The number of hydrazone groups is 1. The van der Waals surface area contributed by atoms with Gasteiger partial charge in [-0.1, -0.05) is 18.2 Å². The van der Waals surface area contributed by atoms with Crippen molar-refractivity contribution in [3.63, 3.8) is 0 Å². The minimum atomic E-state index is -0.287. The summed E-state index contributed by atoms with van der Waals surface area (Å²) in [5.41, 5.74) is 4.64. The lowest BCUT2D eigenvalue weighted by molar-refractivity contribution is -0.121. The number of hydrogen-bond acceptors (Lipinski definition) is 5. The first-order valence-electron chi connectivity index (χ1n) is 7.70. The van der Waals surface area contributed by atoms with Gasteiger partial charge >= 0.3 is 0 Å². The van der Waals surface area contributed by atoms with Crippen molar-refractivity contribution in [1.82, 2.24) is 15.0 Å². The number of benzene rings is 2. The molecule has 1 aromatic heterocycles. The molecule has 0 saturated carbocycles. The van der Waals surface area contributed by atoms with Crippen molar-refractivity contribution in [3.8, 4) is 11.5 Å². The summed E-state index contributed by atoms with van der Waals surface area (Å²) < 4.78 is 6.85. The van der Waals surface area contributed by atoms with Crippen LogP contribution in [0, 0.1) is 6.92 Å². The summed E-state index contributed by atoms with van der Waals surface area (Å²) in [5.74, 6) is 0.783. The zero-order valence-corrected chi connectivity index (χ0v) is 13.9. The Balaban J connectivity index is 1.70. The van der Waals surface area contributed by atoms with E-state index in [0.717, 1.165) is 16.9 Å². The van der Waals surface area contributed by atoms with Gasteiger partial charge in [0.2, 0.25) is 0 Å². The molecule has 0 unspecified atom stereocenters. The highest BCUT2D eigenvalue weighted by Crippen LogP contribution is 2.27. The molecule has 7 nitrogen and oxygen atoms in total. The van der Waals surface area contributed by atoms with Crippen LogP contribution >= 0.6 is 0 Å². The lowest BCUT2D eigenvalue weighted by Crippen LogP contribution is -2.23. The number of aromatic hydroxyl groups is 1. The molecule has 0 radical (unpaired) electrons. The molecule has 128 valence electrons. The Morgan fingerprint density at radius 2 is 2.12 bits per heavy atom. The predicted octanol–water partition coefficient (Wildman–Crippen LogP) is 2.21. The average Bonchev–Trinajstić information content (AvgIpc) is 2.92. The first-order valence-corrected chi connectivity index (χ1v) is 7.70. The van der Waals surface area contributed by atoms with Crippen molar-refractivity contribution in [3.05, 3.63) is 53.9 Å². The molecule has 0 fully saturated rings. The monoisotopic (exact) mass is 338 g/mol. The molecule has 0 aliphatic carbocycles. The van der Waals surface area contributed by atoms with Gasteiger partial charge in [0.05, 0.1) is 24.4 Å². The van der Waals surface area contributed by atoms with Crippen molar-refractivity contribution in [2.45, 2.75) is 13.5 Å². The number of methoxy groups -OCH3 is 1. The van der Waals surface area contributed by atoms with E-state index in [-0.39, 0.29) is 18.2 Å². The Hall–Kier alpha value is -3.35. The number of amides is 1. The molecule has 1 heterocycles. The van der Waals surface area contributed by atoms with Crippen molar-refractivity contribution >= 4 is 23.2 Å². The van der Waals surface area contributed by atoms with Crippen molar-refractivity contribution < 1.29 is 14.6 Å². The fraction of sp³-hybridized carbons (Fsp3) is 0.167. The van der Waals surface area contributed by atoms with Crippen molar-refractivity contribution in [2.24, 2.45) is 5.10 Å². The van der Waals surface area contributed by atoms with Gasteiger partial charge in [0.15, 0.2) is 11.5 Å². The third-order valence-corrected chi connectivity index (χ3v) is 3.79. The molecule has 0 saturated heterocycles. The number of carbonyl (C=O) groups is 1. The molecule has 0 aliphatic heterocycles. The molecule has 0 bridgehead atoms. The van der Waals surface area contributed by atoms with Crippen LogP contribution in [-0.2, 0) is 11.3 Å². The Morgan fingerprint density at radius 1 is 1.32 bits per heavy atom. The molecule has 0 aliphatic rings. The lowest BCUT2D eigenvalue weighted by Gasteiger charge is -2.06. The second kappa shape index (κ2) is 7.04. The van der Waals surface area contributed by atoms with E-state index in [1.807, 2.05) is 35.8 Å². The number of para-hydroxylation sites is 3. The third-order valence-electron chi connectivity index (χ3n) is 3.79. The van der Waals surface area contributed by atoms with Crippen LogP contribution < -0.4 is 10.2 Å². The number of nitrogens with one attached hydrogen (secondary N) is 1. The number of phenolic OH excluding ortho intramolecular Hbond substituents is 1. The van der Waals surface area contributed by atoms with E-state index in [2.05, 4.69) is 15.5 Å². The number of hydrogen-bond donors (Lipinski definition) is 2. The van der Waals surface area contributed by atoms with E-state index >= 15 is 0 Å². The minimum Gasteiger partial charge on any atom is -0.504 e. The molecule has 2 N–H and O–H groups in total. The highest BCUT2D eigenvalue weighted by Gasteiger charge is 2.10. The van der Waals surface area contributed by atoms with Crippen LogP contribution in [0.5, 0.6) is 11.5 Å². The van der Waals surface area contributed by atoms with Crippen LogP contribution in [0.1, 0.15) is 11.4 Å². The highest BCUT2D eigenvalue weighted by atomic mass is 16.5. The number of nitrogens with zero attached hydrogens (tertiary/aromatic N) is 3. The van der Waals surface area contributed by atoms with Crippen molar-refractivity contribution in [2.75, 3.05) is 7.11 Å². The fourth-order valence-electron chi connectivity index (χ4n) is 2.56. The highest BCUT2D eigenvalue weighted by molar-refractivity contribution is 5.86. The van der Waals surface area contributed by atoms with Crippen LogP contribution in [0.15, 0.2) is 47.6 Å². The average molecular weight is 338 g/mol. The van der Waals surface area contributed by atoms with Crippen LogP contribution in [-0.4, -0.2) is 33.9 Å². The van der Waals surface area contributed by atoms with E-state index in [4.69, 9.17) is 4.74 Å². The summed E-state index contributed by atoms with van der Waals surface area (Å²) in [4.78, 5) is 16.6. The number of fused-ring (bicyclic) bond motifs is 1.